The van der Waals surface area contributed by atoms with Crippen molar-refractivity contribution in [3.8, 4) is 11.5 Å². The molecule has 0 aliphatic carbocycles. The Kier molecular flexibility index (Phi) is 3.65. The van der Waals surface area contributed by atoms with Gasteiger partial charge in [-0.05, 0) is 24.3 Å². The van der Waals surface area contributed by atoms with Gasteiger partial charge in [-0.2, -0.15) is 0 Å². The van der Waals surface area contributed by atoms with E-state index in [9.17, 15) is 14.7 Å². The van der Waals surface area contributed by atoms with Crippen molar-refractivity contribution in [1.29, 1.82) is 0 Å². The fraction of sp³-hybridized carbons (Fsp3) is 0.125. The van der Waals surface area contributed by atoms with Gasteiger partial charge in [-0.3, -0.25) is 14.5 Å². The number of anilines is 2. The third kappa shape index (κ3) is 2.71. The van der Waals surface area contributed by atoms with E-state index in [1.165, 1.54) is 11.0 Å². The van der Waals surface area contributed by atoms with Gasteiger partial charge in [0, 0.05) is 0 Å². The standard InChI is InChI=1S/C16H14N2O4/c19-13-7-3-1-5-11(13)17-15(20)9-18-12-6-2-4-8-14(12)22-10-16(18)21/h1-8,19H,9-10H2,(H,17,20). The Labute approximate surface area is 126 Å². The average molecular weight is 298 g/mol. The molecule has 0 saturated carbocycles. The fourth-order valence-corrected chi connectivity index (χ4v) is 2.24. The number of phenolic OH excluding ortho intramolecular Hbond substituents is 1. The molecule has 1 aliphatic heterocycles. The minimum absolute atomic E-state index is 0.0236. The van der Waals surface area contributed by atoms with Crippen LogP contribution in [0.5, 0.6) is 11.5 Å². The topological polar surface area (TPSA) is 78.9 Å². The predicted molar refractivity (Wildman–Crippen MR) is 81.0 cm³/mol. The summed E-state index contributed by atoms with van der Waals surface area (Å²) in [5, 5.41) is 12.2. The maximum Gasteiger partial charge on any atom is 0.265 e. The highest BCUT2D eigenvalue weighted by Gasteiger charge is 2.27. The lowest BCUT2D eigenvalue weighted by atomic mass is 10.2. The number of hydrogen-bond donors (Lipinski definition) is 2. The number of fused-ring (bicyclic) bond motifs is 1. The van der Waals surface area contributed by atoms with Gasteiger partial charge in [0.1, 0.15) is 18.0 Å². The number of para-hydroxylation sites is 4. The van der Waals surface area contributed by atoms with Crippen LogP contribution < -0.4 is 15.0 Å². The molecule has 2 amide bonds. The number of rotatable bonds is 3. The first-order valence-electron chi connectivity index (χ1n) is 6.75. The van der Waals surface area contributed by atoms with Gasteiger partial charge < -0.3 is 15.2 Å². The number of phenols is 1. The Bertz CT molecular complexity index is 730. The van der Waals surface area contributed by atoms with Crippen molar-refractivity contribution in [3.63, 3.8) is 0 Å². The zero-order chi connectivity index (χ0) is 15.5. The molecule has 1 aliphatic rings. The second kappa shape index (κ2) is 5.77. The first-order chi connectivity index (χ1) is 10.6. The van der Waals surface area contributed by atoms with Crippen LogP contribution in [0.25, 0.3) is 0 Å². The van der Waals surface area contributed by atoms with Gasteiger partial charge in [0.25, 0.3) is 5.91 Å². The Morgan fingerprint density at radius 2 is 1.91 bits per heavy atom. The lowest BCUT2D eigenvalue weighted by Crippen LogP contribution is -2.43. The molecule has 0 saturated heterocycles. The van der Waals surface area contributed by atoms with Crippen molar-refractivity contribution < 1.29 is 19.4 Å². The molecule has 3 rings (SSSR count). The first-order valence-corrected chi connectivity index (χ1v) is 6.75. The summed E-state index contributed by atoms with van der Waals surface area (Å²) in [6, 6.07) is 13.5. The second-order valence-corrected chi connectivity index (χ2v) is 4.80. The highest BCUT2D eigenvalue weighted by Crippen LogP contribution is 2.31. The van der Waals surface area contributed by atoms with Crippen molar-refractivity contribution in [2.75, 3.05) is 23.4 Å². The van der Waals surface area contributed by atoms with Crippen molar-refractivity contribution in [3.05, 3.63) is 48.5 Å². The highest BCUT2D eigenvalue weighted by atomic mass is 16.5. The van der Waals surface area contributed by atoms with E-state index in [2.05, 4.69) is 5.32 Å². The van der Waals surface area contributed by atoms with Crippen LogP contribution in [0.3, 0.4) is 0 Å². The number of carbonyl (C=O) groups is 2. The Balaban J connectivity index is 1.77. The van der Waals surface area contributed by atoms with Gasteiger partial charge in [-0.15, -0.1) is 0 Å². The van der Waals surface area contributed by atoms with E-state index in [1.54, 1.807) is 42.5 Å². The van der Waals surface area contributed by atoms with Gasteiger partial charge in [0.15, 0.2) is 6.61 Å². The average Bonchev–Trinajstić information content (AvgIpc) is 2.52. The number of amides is 2. The number of nitrogens with one attached hydrogen (secondary N) is 1. The predicted octanol–water partition coefficient (Wildman–Crippen LogP) is 1.76. The summed E-state index contributed by atoms with van der Waals surface area (Å²) in [5.41, 5.74) is 0.868. The Morgan fingerprint density at radius 1 is 1.18 bits per heavy atom. The largest absolute Gasteiger partial charge is 0.506 e. The fourth-order valence-electron chi connectivity index (χ4n) is 2.24. The molecule has 0 fully saturated rings. The third-order valence-corrected chi connectivity index (χ3v) is 3.29. The highest BCUT2D eigenvalue weighted by molar-refractivity contribution is 6.05. The number of benzene rings is 2. The van der Waals surface area contributed by atoms with Crippen molar-refractivity contribution in [2.24, 2.45) is 0 Å². The molecule has 0 bridgehead atoms. The van der Waals surface area contributed by atoms with Crippen LogP contribution in [-0.2, 0) is 9.59 Å². The summed E-state index contributed by atoms with van der Waals surface area (Å²) in [4.78, 5) is 25.5. The third-order valence-electron chi connectivity index (χ3n) is 3.29. The van der Waals surface area contributed by atoms with Crippen LogP contribution in [0.2, 0.25) is 0 Å². The summed E-state index contributed by atoms with van der Waals surface area (Å²) >= 11 is 0. The summed E-state index contributed by atoms with van der Waals surface area (Å²) in [5.74, 6) is -0.139. The minimum Gasteiger partial charge on any atom is -0.506 e. The van der Waals surface area contributed by atoms with Crippen molar-refractivity contribution >= 4 is 23.2 Å². The smallest absolute Gasteiger partial charge is 0.265 e. The molecule has 22 heavy (non-hydrogen) atoms. The molecule has 0 unspecified atom stereocenters. The Hall–Kier alpha value is -3.02. The van der Waals surface area contributed by atoms with E-state index in [4.69, 9.17) is 4.74 Å². The second-order valence-electron chi connectivity index (χ2n) is 4.80. The number of aromatic hydroxyl groups is 1. The molecule has 0 atom stereocenters. The van der Waals surface area contributed by atoms with Crippen molar-refractivity contribution in [1.82, 2.24) is 0 Å². The molecule has 112 valence electrons. The van der Waals surface area contributed by atoms with E-state index >= 15 is 0 Å². The number of hydrogen-bond acceptors (Lipinski definition) is 4. The van der Waals surface area contributed by atoms with Crippen molar-refractivity contribution in [2.45, 2.75) is 0 Å². The number of ether oxygens (including phenoxy) is 1. The quantitative estimate of drug-likeness (QED) is 0.846. The van der Waals surface area contributed by atoms with Crippen LogP contribution in [0.4, 0.5) is 11.4 Å². The molecule has 0 aromatic heterocycles. The molecule has 6 nitrogen and oxygen atoms in total. The summed E-state index contributed by atoms with van der Waals surface area (Å²) in [6.45, 7) is -0.242. The van der Waals surface area contributed by atoms with Gasteiger partial charge in [-0.1, -0.05) is 24.3 Å². The van der Waals surface area contributed by atoms with Crippen LogP contribution in [-0.4, -0.2) is 30.1 Å². The van der Waals surface area contributed by atoms with E-state index in [1.807, 2.05) is 0 Å². The first kappa shape index (κ1) is 13.9. The molecule has 0 spiro atoms. The van der Waals surface area contributed by atoms with E-state index in [0.29, 0.717) is 17.1 Å². The monoisotopic (exact) mass is 298 g/mol. The van der Waals surface area contributed by atoms with Crippen LogP contribution in [0.15, 0.2) is 48.5 Å². The number of carbonyl (C=O) groups excluding carboxylic acids is 2. The van der Waals surface area contributed by atoms with Gasteiger partial charge in [-0.25, -0.2) is 0 Å². The van der Waals surface area contributed by atoms with E-state index in [-0.39, 0.29) is 24.8 Å². The maximum absolute atomic E-state index is 12.1. The van der Waals surface area contributed by atoms with Gasteiger partial charge in [0.2, 0.25) is 5.91 Å². The lowest BCUT2D eigenvalue weighted by Gasteiger charge is -2.28. The molecule has 2 aromatic carbocycles. The van der Waals surface area contributed by atoms with E-state index in [0.717, 1.165) is 0 Å². The zero-order valence-corrected chi connectivity index (χ0v) is 11.7. The SMILES string of the molecule is O=C(CN1C(=O)COc2ccccc21)Nc1ccccc1O. The molecule has 0 radical (unpaired) electrons. The summed E-state index contributed by atoms with van der Waals surface area (Å²) in [6.07, 6.45) is 0. The lowest BCUT2D eigenvalue weighted by molar-refractivity contribution is -0.123. The molecule has 2 N–H and O–H groups in total. The molecule has 1 heterocycles. The molecule has 2 aromatic rings. The van der Waals surface area contributed by atoms with Crippen LogP contribution >= 0.6 is 0 Å². The minimum atomic E-state index is -0.397. The molecule has 6 heteroatoms. The van der Waals surface area contributed by atoms with Crippen LogP contribution in [0.1, 0.15) is 0 Å². The normalized spacial score (nSPS) is 13.3. The Morgan fingerprint density at radius 3 is 2.73 bits per heavy atom. The number of nitrogens with zero attached hydrogens (tertiary/aromatic N) is 1. The molecular formula is C16H14N2O4. The van der Waals surface area contributed by atoms with Gasteiger partial charge >= 0.3 is 0 Å². The summed E-state index contributed by atoms with van der Waals surface area (Å²) in [7, 11) is 0. The molecular weight excluding hydrogens is 284 g/mol. The zero-order valence-electron chi connectivity index (χ0n) is 11.7. The summed E-state index contributed by atoms with van der Waals surface area (Å²) < 4.78 is 5.32. The maximum atomic E-state index is 12.1. The van der Waals surface area contributed by atoms with E-state index < -0.39 is 5.91 Å². The van der Waals surface area contributed by atoms with Crippen LogP contribution in [0, 0.1) is 0 Å². The van der Waals surface area contributed by atoms with Gasteiger partial charge in [0.05, 0.1) is 11.4 Å².